The Morgan fingerprint density at radius 1 is 1.10 bits per heavy atom. The van der Waals surface area contributed by atoms with Crippen molar-refractivity contribution < 1.29 is 9.47 Å². The number of ether oxygens (including phenoxy) is 2. The van der Waals surface area contributed by atoms with Crippen LogP contribution in [0.2, 0.25) is 0 Å². The molecule has 0 amide bonds. The van der Waals surface area contributed by atoms with Crippen LogP contribution in [0.1, 0.15) is 0 Å². The molecule has 106 valence electrons. The minimum Gasteiger partial charge on any atom is -0.497 e. The third kappa shape index (κ3) is 2.62. The molecule has 0 spiro atoms. The molecule has 0 radical (unpaired) electrons. The zero-order chi connectivity index (χ0) is 14.7. The lowest BCUT2D eigenvalue weighted by Crippen LogP contribution is -2.04. The van der Waals surface area contributed by atoms with E-state index in [1.807, 2.05) is 0 Å². The largest absolute Gasteiger partial charge is 0.497 e. The first-order valence-electron chi connectivity index (χ1n) is 6.18. The van der Waals surface area contributed by atoms with Crippen LogP contribution in [0.25, 0.3) is 5.82 Å². The molecule has 21 heavy (non-hydrogen) atoms. The van der Waals surface area contributed by atoms with Crippen LogP contribution in [0.3, 0.4) is 0 Å². The van der Waals surface area contributed by atoms with Crippen LogP contribution in [0.4, 0.5) is 5.69 Å². The molecule has 3 rings (SSSR count). The van der Waals surface area contributed by atoms with Gasteiger partial charge in [0.25, 0.3) is 0 Å². The van der Waals surface area contributed by atoms with Gasteiger partial charge in [-0.25, -0.2) is 9.97 Å². The van der Waals surface area contributed by atoms with E-state index < -0.39 is 0 Å². The highest BCUT2D eigenvalue weighted by Crippen LogP contribution is 2.29. The van der Waals surface area contributed by atoms with Crippen molar-refractivity contribution in [2.75, 3.05) is 12.8 Å². The molecule has 7 nitrogen and oxygen atoms in total. The number of nitrogen functional groups attached to an aromatic ring is 1. The van der Waals surface area contributed by atoms with E-state index in [0.29, 0.717) is 23.1 Å². The van der Waals surface area contributed by atoms with Crippen molar-refractivity contribution in [1.82, 2.24) is 19.5 Å². The highest BCUT2D eigenvalue weighted by Gasteiger charge is 2.11. The molecule has 7 heteroatoms. The summed E-state index contributed by atoms with van der Waals surface area (Å²) >= 11 is 0. The summed E-state index contributed by atoms with van der Waals surface area (Å²) in [6.45, 7) is 0. The summed E-state index contributed by atoms with van der Waals surface area (Å²) in [6.07, 6.45) is 6.39. The number of rotatable bonds is 4. The van der Waals surface area contributed by atoms with Gasteiger partial charge in [0.15, 0.2) is 5.82 Å². The van der Waals surface area contributed by atoms with E-state index in [2.05, 4.69) is 15.0 Å². The van der Waals surface area contributed by atoms with Gasteiger partial charge in [-0.3, -0.25) is 4.57 Å². The van der Waals surface area contributed by atoms with Crippen LogP contribution in [0, 0.1) is 0 Å². The number of hydrogen-bond donors (Lipinski definition) is 1. The summed E-state index contributed by atoms with van der Waals surface area (Å²) in [7, 11) is 1.61. The molecule has 0 aliphatic carbocycles. The van der Waals surface area contributed by atoms with Crippen molar-refractivity contribution >= 4 is 5.69 Å². The van der Waals surface area contributed by atoms with E-state index in [4.69, 9.17) is 15.2 Å². The average molecular weight is 283 g/mol. The lowest BCUT2D eigenvalue weighted by atomic mass is 10.3. The molecule has 2 aromatic heterocycles. The van der Waals surface area contributed by atoms with E-state index >= 15 is 0 Å². The number of benzene rings is 1. The van der Waals surface area contributed by atoms with Gasteiger partial charge in [-0.15, -0.1) is 0 Å². The first-order valence-corrected chi connectivity index (χ1v) is 6.18. The molecule has 0 unspecified atom stereocenters. The zero-order valence-corrected chi connectivity index (χ0v) is 11.3. The Hall–Kier alpha value is -3.09. The maximum atomic E-state index is 6.06. The standard InChI is InChI=1S/C14H13N5O2/c1-20-10-2-4-11(5-3-10)21-14-12(15)13(17-8-18-14)19-7-6-16-9-19/h2-9H,15H2,1H3. The zero-order valence-electron chi connectivity index (χ0n) is 11.3. The van der Waals surface area contributed by atoms with E-state index in [9.17, 15) is 0 Å². The van der Waals surface area contributed by atoms with E-state index in [-0.39, 0.29) is 0 Å². The summed E-state index contributed by atoms with van der Waals surface area (Å²) in [5, 5.41) is 0. The summed E-state index contributed by atoms with van der Waals surface area (Å²) < 4.78 is 12.5. The number of aromatic nitrogens is 4. The fraction of sp³-hybridized carbons (Fsp3) is 0.0714. The molecule has 0 atom stereocenters. The number of nitrogens with two attached hydrogens (primary N) is 1. The van der Waals surface area contributed by atoms with Gasteiger partial charge in [-0.1, -0.05) is 0 Å². The summed E-state index contributed by atoms with van der Waals surface area (Å²) in [5.74, 6) is 2.17. The van der Waals surface area contributed by atoms with Gasteiger partial charge in [0.1, 0.15) is 29.8 Å². The number of methoxy groups -OCH3 is 1. The third-order valence-electron chi connectivity index (χ3n) is 2.85. The van der Waals surface area contributed by atoms with Crippen molar-refractivity contribution in [3.63, 3.8) is 0 Å². The second kappa shape index (κ2) is 5.49. The second-order valence-corrected chi connectivity index (χ2v) is 4.16. The Kier molecular flexibility index (Phi) is 3.38. The Morgan fingerprint density at radius 2 is 1.86 bits per heavy atom. The molecule has 0 bridgehead atoms. The Labute approximate surface area is 121 Å². The normalized spacial score (nSPS) is 10.3. The van der Waals surface area contributed by atoms with Gasteiger partial charge >= 0.3 is 0 Å². The highest BCUT2D eigenvalue weighted by atomic mass is 16.5. The maximum Gasteiger partial charge on any atom is 0.248 e. The fourth-order valence-corrected chi connectivity index (χ4v) is 1.80. The van der Waals surface area contributed by atoms with Crippen molar-refractivity contribution in [3.05, 3.63) is 49.3 Å². The molecule has 2 heterocycles. The van der Waals surface area contributed by atoms with Crippen molar-refractivity contribution in [2.24, 2.45) is 0 Å². The van der Waals surface area contributed by atoms with Crippen LogP contribution in [-0.2, 0) is 0 Å². The monoisotopic (exact) mass is 283 g/mol. The molecular weight excluding hydrogens is 270 g/mol. The molecule has 0 aliphatic heterocycles. The van der Waals surface area contributed by atoms with Crippen LogP contribution >= 0.6 is 0 Å². The molecule has 0 saturated carbocycles. The Bertz CT molecular complexity index is 726. The lowest BCUT2D eigenvalue weighted by Gasteiger charge is -2.10. The van der Waals surface area contributed by atoms with E-state index in [1.54, 1.807) is 54.7 Å². The fourth-order valence-electron chi connectivity index (χ4n) is 1.80. The minimum atomic E-state index is 0.291. The van der Waals surface area contributed by atoms with Gasteiger partial charge in [-0.05, 0) is 24.3 Å². The predicted molar refractivity (Wildman–Crippen MR) is 76.6 cm³/mol. The van der Waals surface area contributed by atoms with Crippen LogP contribution < -0.4 is 15.2 Å². The Balaban J connectivity index is 1.90. The maximum absolute atomic E-state index is 6.06. The Morgan fingerprint density at radius 3 is 2.52 bits per heavy atom. The van der Waals surface area contributed by atoms with Crippen LogP contribution in [0.15, 0.2) is 49.3 Å². The SMILES string of the molecule is COc1ccc(Oc2ncnc(-n3ccnc3)c2N)cc1. The van der Waals surface area contributed by atoms with Crippen molar-refractivity contribution in [3.8, 4) is 23.2 Å². The molecule has 0 fully saturated rings. The number of nitrogens with zero attached hydrogens (tertiary/aromatic N) is 4. The van der Waals surface area contributed by atoms with Gasteiger partial charge in [0.05, 0.1) is 7.11 Å². The van der Waals surface area contributed by atoms with Gasteiger partial charge < -0.3 is 15.2 Å². The molecule has 3 aromatic rings. The minimum absolute atomic E-state index is 0.291. The molecule has 0 saturated heterocycles. The first kappa shape index (κ1) is 12.9. The summed E-state index contributed by atoms with van der Waals surface area (Å²) in [6, 6.07) is 7.14. The highest BCUT2D eigenvalue weighted by molar-refractivity contribution is 5.60. The summed E-state index contributed by atoms with van der Waals surface area (Å²) in [4.78, 5) is 12.2. The summed E-state index contributed by atoms with van der Waals surface area (Å²) in [5.41, 5.74) is 6.39. The predicted octanol–water partition coefficient (Wildman–Crippen LogP) is 2.05. The molecule has 1 aromatic carbocycles. The second-order valence-electron chi connectivity index (χ2n) is 4.16. The van der Waals surface area contributed by atoms with E-state index in [1.165, 1.54) is 6.33 Å². The number of hydrogen-bond acceptors (Lipinski definition) is 6. The van der Waals surface area contributed by atoms with E-state index in [0.717, 1.165) is 5.75 Å². The topological polar surface area (TPSA) is 88.1 Å². The average Bonchev–Trinajstić information content (AvgIpc) is 3.04. The molecule has 0 aliphatic rings. The molecule has 2 N–H and O–H groups in total. The third-order valence-corrected chi connectivity index (χ3v) is 2.85. The van der Waals surface area contributed by atoms with Gasteiger partial charge in [-0.2, -0.15) is 4.98 Å². The number of imidazole rings is 1. The smallest absolute Gasteiger partial charge is 0.248 e. The lowest BCUT2D eigenvalue weighted by molar-refractivity contribution is 0.412. The first-order chi connectivity index (χ1) is 10.3. The number of anilines is 1. The van der Waals surface area contributed by atoms with Crippen molar-refractivity contribution in [1.29, 1.82) is 0 Å². The van der Waals surface area contributed by atoms with Crippen LogP contribution in [0.5, 0.6) is 17.4 Å². The molecular formula is C14H13N5O2. The van der Waals surface area contributed by atoms with Gasteiger partial charge in [0.2, 0.25) is 5.88 Å². The van der Waals surface area contributed by atoms with Crippen LogP contribution in [-0.4, -0.2) is 26.6 Å². The quantitative estimate of drug-likeness (QED) is 0.788. The van der Waals surface area contributed by atoms with Crippen molar-refractivity contribution in [2.45, 2.75) is 0 Å². The van der Waals surface area contributed by atoms with Gasteiger partial charge in [0, 0.05) is 12.4 Å².